The van der Waals surface area contributed by atoms with Gasteiger partial charge in [0.15, 0.2) is 0 Å². The molecule has 0 unspecified atom stereocenters. The lowest BCUT2D eigenvalue weighted by Gasteiger charge is -2.05. The van der Waals surface area contributed by atoms with E-state index in [1.165, 1.54) is 0 Å². The van der Waals surface area contributed by atoms with Crippen molar-refractivity contribution in [1.29, 1.82) is 0 Å². The van der Waals surface area contributed by atoms with Gasteiger partial charge in [0.1, 0.15) is 0 Å². The molecule has 2 N–H and O–H groups in total. The van der Waals surface area contributed by atoms with Crippen molar-refractivity contribution >= 4 is 23.2 Å². The molecule has 0 aliphatic carbocycles. The summed E-state index contributed by atoms with van der Waals surface area (Å²) in [4.78, 5) is 0. The normalized spacial score (nSPS) is 10.6. The second-order valence-electron chi connectivity index (χ2n) is 3.08. The third kappa shape index (κ3) is 2.15. The van der Waals surface area contributed by atoms with E-state index in [2.05, 4.69) is 5.10 Å². The SMILES string of the molecule is NCc1ccc(-n2cc(Cl)cn2)cc1Cl. The summed E-state index contributed by atoms with van der Waals surface area (Å²) in [7, 11) is 0. The van der Waals surface area contributed by atoms with Gasteiger partial charge in [-0.05, 0) is 17.7 Å². The fourth-order valence-corrected chi connectivity index (χ4v) is 1.67. The molecule has 2 rings (SSSR count). The number of nitrogens with two attached hydrogens (primary N) is 1. The summed E-state index contributed by atoms with van der Waals surface area (Å²) in [5.41, 5.74) is 7.30. The van der Waals surface area contributed by atoms with Crippen molar-refractivity contribution < 1.29 is 0 Å². The number of nitrogens with zero attached hydrogens (tertiary/aromatic N) is 2. The van der Waals surface area contributed by atoms with Gasteiger partial charge in [-0.1, -0.05) is 29.3 Å². The summed E-state index contributed by atoms with van der Waals surface area (Å²) in [6.07, 6.45) is 3.29. The molecule has 0 saturated heterocycles. The molecule has 0 fully saturated rings. The minimum Gasteiger partial charge on any atom is -0.326 e. The highest BCUT2D eigenvalue weighted by molar-refractivity contribution is 6.31. The fraction of sp³-hybridized carbons (Fsp3) is 0.100. The van der Waals surface area contributed by atoms with Gasteiger partial charge in [-0.3, -0.25) is 0 Å². The molecule has 0 bridgehead atoms. The topological polar surface area (TPSA) is 43.8 Å². The van der Waals surface area contributed by atoms with Crippen molar-refractivity contribution in [2.75, 3.05) is 0 Å². The van der Waals surface area contributed by atoms with E-state index < -0.39 is 0 Å². The molecule has 0 spiro atoms. The largest absolute Gasteiger partial charge is 0.326 e. The minimum atomic E-state index is 0.430. The Hall–Kier alpha value is -1.03. The molecule has 0 atom stereocenters. The van der Waals surface area contributed by atoms with Crippen LogP contribution in [0.25, 0.3) is 5.69 Å². The van der Waals surface area contributed by atoms with Crippen LogP contribution in [-0.4, -0.2) is 9.78 Å². The molecule has 1 heterocycles. The van der Waals surface area contributed by atoms with E-state index in [-0.39, 0.29) is 0 Å². The number of hydrogen-bond donors (Lipinski definition) is 1. The first-order valence-electron chi connectivity index (χ1n) is 4.40. The summed E-state index contributed by atoms with van der Waals surface area (Å²) in [6, 6.07) is 5.59. The van der Waals surface area contributed by atoms with Crippen LogP contribution in [0.3, 0.4) is 0 Å². The van der Waals surface area contributed by atoms with Crippen molar-refractivity contribution in [3.05, 3.63) is 46.2 Å². The first-order chi connectivity index (χ1) is 7.20. The lowest BCUT2D eigenvalue weighted by Crippen LogP contribution is -1.99. The average Bonchev–Trinajstić information content (AvgIpc) is 2.65. The highest BCUT2D eigenvalue weighted by Crippen LogP contribution is 2.20. The molecule has 3 nitrogen and oxygen atoms in total. The highest BCUT2D eigenvalue weighted by atomic mass is 35.5. The van der Waals surface area contributed by atoms with Gasteiger partial charge in [0.05, 0.1) is 16.9 Å². The van der Waals surface area contributed by atoms with E-state index in [1.54, 1.807) is 17.1 Å². The van der Waals surface area contributed by atoms with Crippen LogP contribution < -0.4 is 5.73 Å². The van der Waals surface area contributed by atoms with E-state index in [9.17, 15) is 0 Å². The lowest BCUT2D eigenvalue weighted by molar-refractivity contribution is 0.879. The molecule has 0 amide bonds. The zero-order valence-corrected chi connectivity index (χ0v) is 9.33. The number of rotatable bonds is 2. The zero-order chi connectivity index (χ0) is 10.8. The summed E-state index contributed by atoms with van der Waals surface area (Å²) in [5.74, 6) is 0. The van der Waals surface area contributed by atoms with Gasteiger partial charge < -0.3 is 5.73 Å². The first kappa shape index (κ1) is 10.5. The molecular weight excluding hydrogens is 233 g/mol. The Morgan fingerprint density at radius 3 is 2.67 bits per heavy atom. The number of hydrogen-bond acceptors (Lipinski definition) is 2. The molecule has 1 aromatic carbocycles. The van der Waals surface area contributed by atoms with Crippen molar-refractivity contribution in [1.82, 2.24) is 9.78 Å². The maximum atomic E-state index is 6.03. The molecule has 5 heteroatoms. The first-order valence-corrected chi connectivity index (χ1v) is 5.15. The van der Waals surface area contributed by atoms with Gasteiger partial charge >= 0.3 is 0 Å². The Labute approximate surface area is 97.4 Å². The number of benzene rings is 1. The minimum absolute atomic E-state index is 0.430. The maximum Gasteiger partial charge on any atom is 0.0790 e. The standard InChI is InChI=1S/C10H9Cl2N3/c11-8-5-14-15(6-8)9-2-1-7(4-13)10(12)3-9/h1-3,5-6H,4,13H2. The van der Waals surface area contributed by atoms with Gasteiger partial charge in [-0.2, -0.15) is 5.10 Å². The van der Waals surface area contributed by atoms with Gasteiger partial charge in [0, 0.05) is 17.8 Å². The van der Waals surface area contributed by atoms with Gasteiger partial charge in [-0.25, -0.2) is 4.68 Å². The zero-order valence-electron chi connectivity index (χ0n) is 7.82. The predicted octanol–water partition coefficient (Wildman–Crippen LogP) is 2.64. The number of aromatic nitrogens is 2. The quantitative estimate of drug-likeness (QED) is 0.879. The van der Waals surface area contributed by atoms with Gasteiger partial charge in [0.2, 0.25) is 0 Å². The Bertz CT molecular complexity index is 479. The maximum absolute atomic E-state index is 6.03. The Balaban J connectivity index is 2.42. The summed E-state index contributed by atoms with van der Waals surface area (Å²) >= 11 is 11.8. The van der Waals surface area contributed by atoms with Crippen molar-refractivity contribution in [3.8, 4) is 5.69 Å². The third-order valence-electron chi connectivity index (χ3n) is 2.07. The van der Waals surface area contributed by atoms with Crippen LogP contribution in [0.2, 0.25) is 10.0 Å². The second kappa shape index (κ2) is 4.23. The van der Waals surface area contributed by atoms with Crippen LogP contribution in [0, 0.1) is 0 Å². The van der Waals surface area contributed by atoms with Crippen molar-refractivity contribution in [2.45, 2.75) is 6.54 Å². The molecule has 0 aliphatic heterocycles. The number of halogens is 2. The summed E-state index contributed by atoms with van der Waals surface area (Å²) in [6.45, 7) is 0.430. The monoisotopic (exact) mass is 241 g/mol. The van der Waals surface area contributed by atoms with Crippen LogP contribution in [-0.2, 0) is 6.54 Å². The average molecular weight is 242 g/mol. The fourth-order valence-electron chi connectivity index (χ4n) is 1.29. The van der Waals surface area contributed by atoms with Crippen molar-refractivity contribution in [2.24, 2.45) is 5.73 Å². The molecule has 0 radical (unpaired) electrons. The van der Waals surface area contributed by atoms with Gasteiger partial charge in [0.25, 0.3) is 0 Å². The van der Waals surface area contributed by atoms with E-state index in [0.717, 1.165) is 11.3 Å². The second-order valence-corrected chi connectivity index (χ2v) is 3.93. The Morgan fingerprint density at radius 1 is 1.33 bits per heavy atom. The van der Waals surface area contributed by atoms with Crippen LogP contribution >= 0.6 is 23.2 Å². The van der Waals surface area contributed by atoms with Crippen LogP contribution in [0.5, 0.6) is 0 Å². The molecule has 2 aromatic rings. The lowest BCUT2D eigenvalue weighted by atomic mass is 10.2. The van der Waals surface area contributed by atoms with E-state index in [0.29, 0.717) is 16.6 Å². The molecular formula is C10H9Cl2N3. The van der Waals surface area contributed by atoms with E-state index in [4.69, 9.17) is 28.9 Å². The molecule has 15 heavy (non-hydrogen) atoms. The summed E-state index contributed by atoms with van der Waals surface area (Å²) < 4.78 is 1.66. The van der Waals surface area contributed by atoms with Crippen molar-refractivity contribution in [3.63, 3.8) is 0 Å². The van der Waals surface area contributed by atoms with Crippen LogP contribution in [0.1, 0.15) is 5.56 Å². The van der Waals surface area contributed by atoms with Crippen LogP contribution in [0.15, 0.2) is 30.6 Å². The van der Waals surface area contributed by atoms with E-state index >= 15 is 0 Å². The van der Waals surface area contributed by atoms with E-state index in [1.807, 2.05) is 18.2 Å². The molecule has 0 aliphatic rings. The third-order valence-corrected chi connectivity index (χ3v) is 2.62. The molecule has 0 saturated carbocycles. The predicted molar refractivity (Wildman–Crippen MR) is 61.5 cm³/mol. The van der Waals surface area contributed by atoms with Crippen LogP contribution in [0.4, 0.5) is 0 Å². The smallest absolute Gasteiger partial charge is 0.0790 e. The summed E-state index contributed by atoms with van der Waals surface area (Å²) in [5, 5.41) is 5.31. The Kier molecular flexibility index (Phi) is 2.95. The highest BCUT2D eigenvalue weighted by Gasteiger charge is 2.03. The van der Waals surface area contributed by atoms with Gasteiger partial charge in [-0.15, -0.1) is 0 Å². The molecule has 1 aromatic heterocycles. The Morgan fingerprint density at radius 2 is 2.13 bits per heavy atom. The molecule has 78 valence electrons.